The van der Waals surface area contributed by atoms with Crippen LogP contribution in [0.2, 0.25) is 0 Å². The summed E-state index contributed by atoms with van der Waals surface area (Å²) >= 11 is 1.36. The molecule has 1 N–H and O–H groups in total. The molecule has 8 nitrogen and oxygen atoms in total. The molecule has 0 radical (unpaired) electrons. The maximum atomic E-state index is 12.7. The lowest BCUT2D eigenvalue weighted by atomic mass is 10.0. The lowest BCUT2D eigenvalue weighted by Gasteiger charge is -2.27. The number of carbonyl (C=O) groups is 4. The topological polar surface area (TPSA) is 96.0 Å². The monoisotopic (exact) mass is 455 g/mol. The standard InChI is InChI=1S/C23H25N3O5S/c1-2-31-23(30)21-16-10-11-25(12-15-6-4-3-5-7-15)13-17(16)32-22(21)24-18(27)14-26-19(28)8-9-20(26)29/h3-7H,2,8-14H2,1H3,(H,24,27). The van der Waals surface area contributed by atoms with Gasteiger partial charge in [-0.3, -0.25) is 24.2 Å². The summed E-state index contributed by atoms with van der Waals surface area (Å²) < 4.78 is 5.25. The van der Waals surface area contributed by atoms with E-state index < -0.39 is 11.9 Å². The van der Waals surface area contributed by atoms with Gasteiger partial charge in [-0.05, 0) is 24.5 Å². The van der Waals surface area contributed by atoms with Gasteiger partial charge in [0.25, 0.3) is 0 Å². The lowest BCUT2D eigenvalue weighted by Crippen LogP contribution is -2.37. The highest BCUT2D eigenvalue weighted by Crippen LogP contribution is 2.38. The second-order valence-corrected chi connectivity index (χ2v) is 8.90. The quantitative estimate of drug-likeness (QED) is 0.509. The van der Waals surface area contributed by atoms with E-state index in [1.807, 2.05) is 18.2 Å². The Morgan fingerprint density at radius 2 is 1.81 bits per heavy atom. The van der Waals surface area contributed by atoms with Crippen LogP contribution in [0.15, 0.2) is 30.3 Å². The fourth-order valence-electron chi connectivity index (χ4n) is 4.05. The van der Waals surface area contributed by atoms with E-state index in [4.69, 9.17) is 4.74 Å². The van der Waals surface area contributed by atoms with Crippen LogP contribution >= 0.6 is 11.3 Å². The zero-order valence-corrected chi connectivity index (χ0v) is 18.7. The molecular formula is C23H25N3O5S. The van der Waals surface area contributed by atoms with Crippen LogP contribution in [-0.2, 0) is 38.6 Å². The van der Waals surface area contributed by atoms with Crippen molar-refractivity contribution in [2.75, 3.05) is 25.0 Å². The number of anilines is 1. The second-order valence-electron chi connectivity index (χ2n) is 7.80. The molecule has 2 aromatic rings. The molecule has 0 spiro atoms. The normalized spacial score (nSPS) is 16.2. The van der Waals surface area contributed by atoms with Crippen molar-refractivity contribution in [2.45, 2.75) is 39.3 Å². The first-order valence-corrected chi connectivity index (χ1v) is 11.5. The van der Waals surface area contributed by atoms with Crippen molar-refractivity contribution in [3.8, 4) is 0 Å². The number of thiophene rings is 1. The number of hydrogen-bond acceptors (Lipinski definition) is 7. The number of nitrogens with zero attached hydrogens (tertiary/aromatic N) is 2. The maximum Gasteiger partial charge on any atom is 0.341 e. The minimum atomic E-state index is -0.501. The fourth-order valence-corrected chi connectivity index (χ4v) is 5.34. The first kappa shape index (κ1) is 22.2. The molecule has 1 aromatic carbocycles. The number of esters is 1. The second kappa shape index (κ2) is 9.62. The van der Waals surface area contributed by atoms with Crippen LogP contribution in [-0.4, -0.2) is 53.2 Å². The summed E-state index contributed by atoms with van der Waals surface area (Å²) in [7, 11) is 0. The molecule has 0 bridgehead atoms. The summed E-state index contributed by atoms with van der Waals surface area (Å²) in [6.45, 7) is 3.88. The molecule has 32 heavy (non-hydrogen) atoms. The zero-order valence-electron chi connectivity index (χ0n) is 17.9. The van der Waals surface area contributed by atoms with Crippen molar-refractivity contribution >= 4 is 40.0 Å². The first-order valence-electron chi connectivity index (χ1n) is 10.7. The number of likely N-dealkylation sites (tertiary alicyclic amines) is 1. The molecule has 0 atom stereocenters. The summed E-state index contributed by atoms with van der Waals surface area (Å²) in [6.07, 6.45) is 0.932. The molecule has 1 aromatic heterocycles. The number of rotatable bonds is 7. The predicted octanol–water partition coefficient (Wildman–Crippen LogP) is 2.57. The van der Waals surface area contributed by atoms with Gasteiger partial charge in [0.05, 0.1) is 12.2 Å². The highest BCUT2D eigenvalue weighted by Gasteiger charge is 2.33. The van der Waals surface area contributed by atoms with Crippen LogP contribution in [0, 0.1) is 0 Å². The highest BCUT2D eigenvalue weighted by molar-refractivity contribution is 7.17. The van der Waals surface area contributed by atoms with Gasteiger partial charge in [-0.25, -0.2) is 4.79 Å². The van der Waals surface area contributed by atoms with Crippen LogP contribution in [0.4, 0.5) is 5.00 Å². The lowest BCUT2D eigenvalue weighted by molar-refractivity contribution is -0.141. The van der Waals surface area contributed by atoms with Crippen molar-refractivity contribution in [3.63, 3.8) is 0 Å². The van der Waals surface area contributed by atoms with E-state index in [1.54, 1.807) is 6.92 Å². The van der Waals surface area contributed by atoms with E-state index in [1.165, 1.54) is 16.9 Å². The van der Waals surface area contributed by atoms with Crippen LogP contribution in [0.25, 0.3) is 0 Å². The third kappa shape index (κ3) is 4.73. The smallest absolute Gasteiger partial charge is 0.341 e. The Bertz CT molecular complexity index is 1030. The molecule has 1 saturated heterocycles. The average Bonchev–Trinajstić information content (AvgIpc) is 3.28. The van der Waals surface area contributed by atoms with Gasteiger partial charge < -0.3 is 10.1 Å². The molecule has 3 heterocycles. The number of nitrogens with one attached hydrogen (secondary N) is 1. The van der Waals surface area contributed by atoms with Gasteiger partial charge in [0.15, 0.2) is 0 Å². The van der Waals surface area contributed by atoms with Crippen LogP contribution < -0.4 is 5.32 Å². The molecule has 0 saturated carbocycles. The Labute approximate surface area is 190 Å². The van der Waals surface area contributed by atoms with E-state index in [2.05, 4.69) is 22.3 Å². The van der Waals surface area contributed by atoms with Gasteiger partial charge in [0, 0.05) is 37.4 Å². The number of hydrogen-bond donors (Lipinski definition) is 1. The minimum Gasteiger partial charge on any atom is -0.462 e. The van der Waals surface area contributed by atoms with Gasteiger partial charge in [0.2, 0.25) is 17.7 Å². The molecule has 2 aliphatic heterocycles. The summed E-state index contributed by atoms with van der Waals surface area (Å²) in [5.41, 5.74) is 2.51. The molecule has 3 amide bonds. The van der Waals surface area contributed by atoms with E-state index in [0.29, 0.717) is 23.5 Å². The van der Waals surface area contributed by atoms with Crippen LogP contribution in [0.1, 0.15) is 46.1 Å². The number of fused-ring (bicyclic) bond motifs is 1. The van der Waals surface area contributed by atoms with Gasteiger partial charge in [0.1, 0.15) is 11.5 Å². The van der Waals surface area contributed by atoms with Crippen molar-refractivity contribution in [1.82, 2.24) is 9.80 Å². The van der Waals surface area contributed by atoms with Crippen LogP contribution in [0.5, 0.6) is 0 Å². The van der Waals surface area contributed by atoms with Gasteiger partial charge >= 0.3 is 5.97 Å². The third-order valence-electron chi connectivity index (χ3n) is 5.57. The Morgan fingerprint density at radius 3 is 2.50 bits per heavy atom. The number of carbonyl (C=O) groups excluding carboxylic acids is 4. The number of ether oxygens (including phenoxy) is 1. The van der Waals surface area contributed by atoms with Crippen molar-refractivity contribution in [3.05, 3.63) is 51.9 Å². The molecule has 4 rings (SSSR count). The first-order chi connectivity index (χ1) is 15.5. The average molecular weight is 456 g/mol. The SMILES string of the molecule is CCOC(=O)c1c(NC(=O)CN2C(=O)CCC2=O)sc2c1CCN(Cc1ccccc1)C2. The highest BCUT2D eigenvalue weighted by atomic mass is 32.1. The molecule has 0 unspecified atom stereocenters. The van der Waals surface area contributed by atoms with Crippen LogP contribution in [0.3, 0.4) is 0 Å². The molecule has 0 aliphatic carbocycles. The molecule has 168 valence electrons. The zero-order chi connectivity index (χ0) is 22.7. The van der Waals surface area contributed by atoms with E-state index in [9.17, 15) is 19.2 Å². The maximum absolute atomic E-state index is 12.7. The fraction of sp³-hybridized carbons (Fsp3) is 0.391. The predicted molar refractivity (Wildman–Crippen MR) is 119 cm³/mol. The summed E-state index contributed by atoms with van der Waals surface area (Å²) in [6, 6.07) is 10.2. The van der Waals surface area contributed by atoms with Crippen molar-refractivity contribution < 1.29 is 23.9 Å². The van der Waals surface area contributed by atoms with Gasteiger partial charge in [-0.2, -0.15) is 0 Å². The summed E-state index contributed by atoms with van der Waals surface area (Å²) in [4.78, 5) is 53.2. The molecule has 9 heteroatoms. The molecule has 1 fully saturated rings. The largest absolute Gasteiger partial charge is 0.462 e. The minimum absolute atomic E-state index is 0.130. The Hall–Kier alpha value is -3.04. The summed E-state index contributed by atoms with van der Waals surface area (Å²) in [5.74, 6) is -1.67. The molecular weight excluding hydrogens is 430 g/mol. The van der Waals surface area contributed by atoms with E-state index in [-0.39, 0.29) is 37.8 Å². The Kier molecular flexibility index (Phi) is 6.66. The Morgan fingerprint density at radius 1 is 1.09 bits per heavy atom. The number of imide groups is 1. The number of benzene rings is 1. The van der Waals surface area contributed by atoms with E-state index >= 15 is 0 Å². The van der Waals surface area contributed by atoms with Gasteiger partial charge in [-0.15, -0.1) is 11.3 Å². The van der Waals surface area contributed by atoms with Gasteiger partial charge in [-0.1, -0.05) is 30.3 Å². The Balaban J connectivity index is 1.53. The van der Waals surface area contributed by atoms with Crippen molar-refractivity contribution in [1.29, 1.82) is 0 Å². The summed E-state index contributed by atoms with van der Waals surface area (Å²) in [5, 5.41) is 3.17. The van der Waals surface area contributed by atoms with Crippen molar-refractivity contribution in [2.24, 2.45) is 0 Å². The third-order valence-corrected chi connectivity index (χ3v) is 6.71. The van der Waals surface area contributed by atoms with E-state index in [0.717, 1.165) is 28.4 Å². The molecule has 2 aliphatic rings. The number of amides is 3.